The van der Waals surface area contributed by atoms with Crippen molar-refractivity contribution in [3.63, 3.8) is 0 Å². The number of hydrogen-bond donors (Lipinski definition) is 1. The van der Waals surface area contributed by atoms with Crippen LogP contribution in [0, 0.1) is 5.92 Å². The molecule has 0 amide bonds. The molecular formula is C13H27NO. The van der Waals surface area contributed by atoms with E-state index in [1.165, 1.54) is 45.1 Å². The van der Waals surface area contributed by atoms with Crippen molar-refractivity contribution < 1.29 is 4.74 Å². The Bertz CT molecular complexity index is 143. The van der Waals surface area contributed by atoms with Crippen molar-refractivity contribution >= 4 is 0 Å². The molecule has 1 rings (SSSR count). The Morgan fingerprint density at radius 3 is 2.73 bits per heavy atom. The van der Waals surface area contributed by atoms with Gasteiger partial charge < -0.3 is 10.1 Å². The van der Waals surface area contributed by atoms with Gasteiger partial charge in [-0.25, -0.2) is 0 Å². The lowest BCUT2D eigenvalue weighted by molar-refractivity contribution is 0.182. The van der Waals surface area contributed by atoms with Gasteiger partial charge in [0, 0.05) is 19.3 Å². The number of rotatable bonds is 8. The molecule has 0 aromatic heterocycles. The summed E-state index contributed by atoms with van der Waals surface area (Å²) < 4.78 is 5.41. The molecule has 15 heavy (non-hydrogen) atoms. The molecule has 0 bridgehead atoms. The van der Waals surface area contributed by atoms with Gasteiger partial charge in [-0.3, -0.25) is 0 Å². The highest BCUT2D eigenvalue weighted by atomic mass is 16.5. The number of nitrogens with one attached hydrogen (secondary N) is 1. The smallest absolute Gasteiger partial charge is 0.0495 e. The summed E-state index contributed by atoms with van der Waals surface area (Å²) in [5.74, 6) is 0.841. The first-order valence-corrected chi connectivity index (χ1v) is 6.68. The first kappa shape index (κ1) is 13.0. The standard InChI is InChI=1S/C13H27NO/c1-3-5-13(14-9-4-2)7-6-12-8-10-15-11-12/h12-14H,3-11H2,1-2H3. The Morgan fingerprint density at radius 2 is 2.13 bits per heavy atom. The third-order valence-electron chi connectivity index (χ3n) is 3.27. The van der Waals surface area contributed by atoms with Crippen LogP contribution in [0.1, 0.15) is 52.4 Å². The van der Waals surface area contributed by atoms with E-state index >= 15 is 0 Å². The van der Waals surface area contributed by atoms with E-state index in [2.05, 4.69) is 19.2 Å². The zero-order valence-electron chi connectivity index (χ0n) is 10.4. The molecule has 0 saturated carbocycles. The molecule has 2 unspecified atom stereocenters. The van der Waals surface area contributed by atoms with Gasteiger partial charge in [0.05, 0.1) is 0 Å². The SMILES string of the molecule is CCCNC(CCC)CCC1CCOC1. The van der Waals surface area contributed by atoms with Gasteiger partial charge in [0.2, 0.25) is 0 Å². The highest BCUT2D eigenvalue weighted by molar-refractivity contribution is 4.71. The first-order valence-electron chi connectivity index (χ1n) is 6.68. The van der Waals surface area contributed by atoms with Crippen LogP contribution < -0.4 is 5.32 Å². The summed E-state index contributed by atoms with van der Waals surface area (Å²) in [6.07, 6.45) is 7.83. The third kappa shape index (κ3) is 5.53. The van der Waals surface area contributed by atoms with Gasteiger partial charge in [0.25, 0.3) is 0 Å². The van der Waals surface area contributed by atoms with E-state index in [0.717, 1.165) is 25.2 Å². The van der Waals surface area contributed by atoms with Crippen LogP contribution in [0.3, 0.4) is 0 Å². The molecule has 1 heterocycles. The zero-order chi connectivity index (χ0) is 10.9. The fourth-order valence-corrected chi connectivity index (χ4v) is 2.29. The number of hydrogen-bond acceptors (Lipinski definition) is 2. The van der Waals surface area contributed by atoms with E-state index in [1.807, 2.05) is 0 Å². The average Bonchev–Trinajstić information content (AvgIpc) is 2.75. The Balaban J connectivity index is 2.11. The molecule has 0 aliphatic carbocycles. The maximum Gasteiger partial charge on any atom is 0.0495 e. The lowest BCUT2D eigenvalue weighted by Gasteiger charge is -2.19. The van der Waals surface area contributed by atoms with Crippen molar-refractivity contribution in [2.45, 2.75) is 58.4 Å². The number of ether oxygens (including phenoxy) is 1. The molecule has 2 atom stereocenters. The lowest BCUT2D eigenvalue weighted by Crippen LogP contribution is -2.30. The maximum atomic E-state index is 5.41. The molecule has 2 heteroatoms. The van der Waals surface area contributed by atoms with Gasteiger partial charge in [-0.05, 0) is 44.6 Å². The largest absolute Gasteiger partial charge is 0.381 e. The topological polar surface area (TPSA) is 21.3 Å². The van der Waals surface area contributed by atoms with Crippen molar-refractivity contribution in [3.8, 4) is 0 Å². The van der Waals surface area contributed by atoms with Gasteiger partial charge in [-0.15, -0.1) is 0 Å². The van der Waals surface area contributed by atoms with Gasteiger partial charge in [-0.1, -0.05) is 20.3 Å². The zero-order valence-corrected chi connectivity index (χ0v) is 10.4. The van der Waals surface area contributed by atoms with Gasteiger partial charge >= 0.3 is 0 Å². The van der Waals surface area contributed by atoms with Crippen molar-refractivity contribution in [2.24, 2.45) is 5.92 Å². The molecule has 0 aromatic rings. The fraction of sp³-hybridized carbons (Fsp3) is 1.00. The highest BCUT2D eigenvalue weighted by Crippen LogP contribution is 2.20. The minimum Gasteiger partial charge on any atom is -0.381 e. The highest BCUT2D eigenvalue weighted by Gasteiger charge is 2.17. The van der Waals surface area contributed by atoms with Crippen LogP contribution in [-0.2, 0) is 4.74 Å². The van der Waals surface area contributed by atoms with Crippen LogP contribution >= 0.6 is 0 Å². The summed E-state index contributed by atoms with van der Waals surface area (Å²) in [6.45, 7) is 7.68. The van der Waals surface area contributed by atoms with Crippen molar-refractivity contribution in [1.29, 1.82) is 0 Å². The molecule has 1 aliphatic rings. The Kier molecular flexibility index (Phi) is 7.03. The van der Waals surface area contributed by atoms with Crippen LogP contribution in [0.2, 0.25) is 0 Å². The van der Waals surface area contributed by atoms with Gasteiger partial charge in [0.15, 0.2) is 0 Å². The molecule has 1 aliphatic heterocycles. The van der Waals surface area contributed by atoms with Gasteiger partial charge in [-0.2, -0.15) is 0 Å². The molecule has 1 N–H and O–H groups in total. The molecule has 1 saturated heterocycles. The van der Waals surface area contributed by atoms with E-state index in [0.29, 0.717) is 0 Å². The van der Waals surface area contributed by atoms with Crippen LogP contribution in [0.15, 0.2) is 0 Å². The second-order valence-corrected chi connectivity index (χ2v) is 4.75. The summed E-state index contributed by atoms with van der Waals surface area (Å²) in [6, 6.07) is 0.746. The van der Waals surface area contributed by atoms with Crippen LogP contribution in [0.5, 0.6) is 0 Å². The predicted octanol–water partition coefficient (Wildman–Crippen LogP) is 2.97. The summed E-state index contributed by atoms with van der Waals surface area (Å²) in [5, 5.41) is 3.65. The summed E-state index contributed by atoms with van der Waals surface area (Å²) >= 11 is 0. The molecule has 90 valence electrons. The van der Waals surface area contributed by atoms with Crippen molar-refractivity contribution in [2.75, 3.05) is 19.8 Å². The van der Waals surface area contributed by atoms with Crippen molar-refractivity contribution in [3.05, 3.63) is 0 Å². The first-order chi connectivity index (χ1) is 7.36. The van der Waals surface area contributed by atoms with E-state index in [1.54, 1.807) is 0 Å². The fourth-order valence-electron chi connectivity index (χ4n) is 2.29. The maximum absolute atomic E-state index is 5.41. The normalized spacial score (nSPS) is 23.2. The predicted molar refractivity (Wildman–Crippen MR) is 65.1 cm³/mol. The molecule has 0 radical (unpaired) electrons. The Morgan fingerprint density at radius 1 is 1.27 bits per heavy atom. The van der Waals surface area contributed by atoms with E-state index in [9.17, 15) is 0 Å². The van der Waals surface area contributed by atoms with E-state index < -0.39 is 0 Å². The van der Waals surface area contributed by atoms with E-state index in [-0.39, 0.29) is 0 Å². The average molecular weight is 213 g/mol. The second kappa shape index (κ2) is 8.12. The molecule has 1 fully saturated rings. The quantitative estimate of drug-likeness (QED) is 0.669. The van der Waals surface area contributed by atoms with Crippen LogP contribution in [0.25, 0.3) is 0 Å². The van der Waals surface area contributed by atoms with Crippen LogP contribution in [-0.4, -0.2) is 25.8 Å². The van der Waals surface area contributed by atoms with Crippen molar-refractivity contribution in [1.82, 2.24) is 5.32 Å². The Labute approximate surface area is 94.8 Å². The lowest BCUT2D eigenvalue weighted by atomic mass is 9.97. The second-order valence-electron chi connectivity index (χ2n) is 4.75. The van der Waals surface area contributed by atoms with Crippen LogP contribution in [0.4, 0.5) is 0 Å². The van der Waals surface area contributed by atoms with Gasteiger partial charge in [0.1, 0.15) is 0 Å². The Hall–Kier alpha value is -0.0800. The minimum atomic E-state index is 0.746. The molecule has 2 nitrogen and oxygen atoms in total. The van der Waals surface area contributed by atoms with E-state index in [4.69, 9.17) is 4.74 Å². The summed E-state index contributed by atoms with van der Waals surface area (Å²) in [4.78, 5) is 0. The summed E-state index contributed by atoms with van der Waals surface area (Å²) in [5.41, 5.74) is 0. The molecule has 0 spiro atoms. The summed E-state index contributed by atoms with van der Waals surface area (Å²) in [7, 11) is 0. The molecule has 0 aromatic carbocycles. The molecular weight excluding hydrogens is 186 g/mol. The minimum absolute atomic E-state index is 0.746. The third-order valence-corrected chi connectivity index (χ3v) is 3.27. The monoisotopic (exact) mass is 213 g/mol.